The van der Waals surface area contributed by atoms with Gasteiger partial charge in [0.25, 0.3) is 5.91 Å². The van der Waals surface area contributed by atoms with Crippen LogP contribution >= 0.6 is 0 Å². The average Bonchev–Trinajstić information content (AvgIpc) is 3.50. The molecule has 2 aliphatic rings. The fourth-order valence-corrected chi connectivity index (χ4v) is 5.46. The molecule has 1 fully saturated rings. The number of carbonyl (C=O) groups excluding carboxylic acids is 2. The number of amides is 2. The van der Waals surface area contributed by atoms with Gasteiger partial charge in [0.05, 0.1) is 36.4 Å². The maximum absolute atomic E-state index is 14.4. The van der Waals surface area contributed by atoms with Crippen LogP contribution in [0.3, 0.4) is 0 Å². The third-order valence-corrected chi connectivity index (χ3v) is 7.53. The zero-order chi connectivity index (χ0) is 29.6. The van der Waals surface area contributed by atoms with E-state index in [-0.39, 0.29) is 47.9 Å². The number of benzene rings is 1. The minimum atomic E-state index is -4.76. The van der Waals surface area contributed by atoms with Gasteiger partial charge in [0.15, 0.2) is 5.69 Å². The van der Waals surface area contributed by atoms with E-state index in [4.69, 9.17) is 4.74 Å². The van der Waals surface area contributed by atoms with Crippen LogP contribution in [0.25, 0.3) is 11.1 Å². The van der Waals surface area contributed by atoms with Gasteiger partial charge in [-0.25, -0.2) is 4.98 Å². The van der Waals surface area contributed by atoms with E-state index < -0.39 is 29.7 Å². The summed E-state index contributed by atoms with van der Waals surface area (Å²) in [6, 6.07) is 6.12. The van der Waals surface area contributed by atoms with E-state index in [1.165, 1.54) is 22.9 Å². The summed E-state index contributed by atoms with van der Waals surface area (Å²) in [6.07, 6.45) is 4.70. The lowest BCUT2D eigenvalue weighted by molar-refractivity contribution is -0.141. The zero-order valence-corrected chi connectivity index (χ0v) is 22.9. The van der Waals surface area contributed by atoms with Crippen molar-refractivity contribution in [1.82, 2.24) is 29.2 Å². The number of pyridine rings is 1. The highest BCUT2D eigenvalue weighted by molar-refractivity contribution is 6.12. The smallest absolute Gasteiger partial charge is 0.435 e. The molecule has 6 rings (SSSR count). The second-order valence-electron chi connectivity index (χ2n) is 10.4. The van der Waals surface area contributed by atoms with E-state index >= 15 is 0 Å². The molecule has 0 unspecified atom stereocenters. The topological polar surface area (TPSA) is 107 Å². The number of aromatic nitrogens is 5. The van der Waals surface area contributed by atoms with Gasteiger partial charge in [0, 0.05) is 55.1 Å². The molecule has 0 bridgehead atoms. The molecule has 0 spiro atoms. The van der Waals surface area contributed by atoms with Gasteiger partial charge in [-0.3, -0.25) is 19.3 Å². The Labute approximate surface area is 239 Å². The van der Waals surface area contributed by atoms with Crippen LogP contribution in [0.5, 0.6) is 5.75 Å². The van der Waals surface area contributed by atoms with Crippen molar-refractivity contribution in [2.24, 2.45) is 5.92 Å². The molecule has 3 aromatic heterocycles. The van der Waals surface area contributed by atoms with Crippen LogP contribution in [0.15, 0.2) is 55.4 Å². The molecule has 0 radical (unpaired) electrons. The minimum Gasteiger partial charge on any atom is -0.497 e. The molecule has 0 saturated heterocycles. The van der Waals surface area contributed by atoms with Crippen LogP contribution in [-0.2, 0) is 24.1 Å². The summed E-state index contributed by atoms with van der Waals surface area (Å²) in [6.45, 7) is 1.84. The monoisotopic (exact) mass is 579 g/mol. The number of nitrogens with one attached hydrogen (secondary N) is 1. The number of ether oxygens (including phenoxy) is 1. The second-order valence-corrected chi connectivity index (χ2v) is 10.4. The third-order valence-electron chi connectivity index (χ3n) is 7.53. The molecule has 10 nitrogen and oxygen atoms in total. The van der Waals surface area contributed by atoms with Crippen LogP contribution in [0.1, 0.15) is 53.1 Å². The summed E-state index contributed by atoms with van der Waals surface area (Å²) in [5, 5.41) is 6.53. The van der Waals surface area contributed by atoms with Crippen molar-refractivity contribution in [3.63, 3.8) is 0 Å². The molecule has 218 valence electrons. The highest BCUT2D eigenvalue weighted by atomic mass is 19.4. The van der Waals surface area contributed by atoms with Gasteiger partial charge in [0.2, 0.25) is 5.91 Å². The Kier molecular flexibility index (Phi) is 6.95. The molecule has 42 heavy (non-hydrogen) atoms. The SMILES string of the molecule is CCn1cc(-c2cc(Cn3ccnc3)cc3c2NC(=O)CN([C@H](c2cc(OC)ccn2)C2CC2)C3=O)c(C(F)(F)F)n1. The van der Waals surface area contributed by atoms with Crippen LogP contribution in [-0.4, -0.2) is 54.7 Å². The second kappa shape index (κ2) is 10.6. The van der Waals surface area contributed by atoms with Crippen molar-refractivity contribution < 1.29 is 27.5 Å². The highest BCUT2D eigenvalue weighted by Gasteiger charge is 2.43. The summed E-state index contributed by atoms with van der Waals surface area (Å²) in [5.41, 5.74) is 0.0236. The van der Waals surface area contributed by atoms with Crippen molar-refractivity contribution in [1.29, 1.82) is 0 Å². The number of nitrogens with zero attached hydrogens (tertiary/aromatic N) is 6. The molecular formula is C29H28F3N7O3. The first-order valence-corrected chi connectivity index (χ1v) is 13.5. The first-order chi connectivity index (χ1) is 20.2. The number of hydrogen-bond acceptors (Lipinski definition) is 6. The van der Waals surface area contributed by atoms with Crippen molar-refractivity contribution in [2.45, 2.75) is 45.1 Å². The lowest BCUT2D eigenvalue weighted by Gasteiger charge is -2.30. The Bertz CT molecular complexity index is 1640. The molecule has 1 aliphatic carbocycles. The molecule has 1 saturated carbocycles. The van der Waals surface area contributed by atoms with Crippen molar-refractivity contribution in [2.75, 3.05) is 19.0 Å². The van der Waals surface area contributed by atoms with Gasteiger partial charge < -0.3 is 19.5 Å². The number of rotatable bonds is 8. The van der Waals surface area contributed by atoms with Crippen molar-refractivity contribution >= 4 is 17.5 Å². The number of fused-ring (bicyclic) bond motifs is 1. The predicted octanol–water partition coefficient (Wildman–Crippen LogP) is 4.78. The summed E-state index contributed by atoms with van der Waals surface area (Å²) < 4.78 is 50.9. The molecule has 2 amide bonds. The van der Waals surface area contributed by atoms with E-state index in [1.807, 2.05) is 0 Å². The van der Waals surface area contributed by atoms with Crippen LogP contribution < -0.4 is 10.1 Å². The predicted molar refractivity (Wildman–Crippen MR) is 146 cm³/mol. The largest absolute Gasteiger partial charge is 0.497 e. The Morgan fingerprint density at radius 3 is 2.57 bits per heavy atom. The first-order valence-electron chi connectivity index (χ1n) is 13.5. The normalized spacial score (nSPS) is 16.2. The summed E-state index contributed by atoms with van der Waals surface area (Å²) >= 11 is 0. The Morgan fingerprint density at radius 2 is 1.90 bits per heavy atom. The number of aryl methyl sites for hydroxylation is 1. The standard InChI is InChI=1S/C29H28F3N7O3/c1-3-38-14-22(27(36-38)29(30,31)32)20-10-17(13-37-9-8-33-16-37)11-21-25(20)35-24(40)15-39(28(21)41)26(18-4-5-18)23-12-19(42-2)6-7-34-23/h6-12,14,16,18,26H,3-5,13,15H2,1-2H3,(H,35,40)/t26-/m0/s1. The number of carbonyl (C=O) groups is 2. The maximum Gasteiger partial charge on any atom is 0.435 e. The Morgan fingerprint density at radius 1 is 1.12 bits per heavy atom. The van der Waals surface area contributed by atoms with Gasteiger partial charge in [-0.15, -0.1) is 0 Å². The van der Waals surface area contributed by atoms with E-state index in [9.17, 15) is 22.8 Å². The number of halogens is 3. The number of imidazole rings is 1. The molecule has 1 aliphatic heterocycles. The maximum atomic E-state index is 14.4. The van der Waals surface area contributed by atoms with Gasteiger partial charge in [-0.05, 0) is 49.4 Å². The zero-order valence-electron chi connectivity index (χ0n) is 22.9. The quantitative estimate of drug-likeness (QED) is 0.322. The number of anilines is 1. The van der Waals surface area contributed by atoms with Gasteiger partial charge in [-0.1, -0.05) is 0 Å². The summed E-state index contributed by atoms with van der Waals surface area (Å²) in [7, 11) is 1.53. The fraction of sp³-hybridized carbons (Fsp3) is 0.345. The van der Waals surface area contributed by atoms with E-state index in [2.05, 4.69) is 20.4 Å². The summed E-state index contributed by atoms with van der Waals surface area (Å²) in [4.78, 5) is 37.8. The molecule has 4 heterocycles. The summed E-state index contributed by atoms with van der Waals surface area (Å²) in [5.74, 6) is -0.350. The molecular weight excluding hydrogens is 551 g/mol. The Hall–Kier alpha value is -4.68. The average molecular weight is 580 g/mol. The number of hydrogen-bond donors (Lipinski definition) is 1. The third kappa shape index (κ3) is 5.21. The van der Waals surface area contributed by atoms with Gasteiger partial charge in [-0.2, -0.15) is 18.3 Å². The van der Waals surface area contributed by atoms with Crippen LogP contribution in [0.2, 0.25) is 0 Å². The fourth-order valence-electron chi connectivity index (χ4n) is 5.46. The van der Waals surface area contributed by atoms with Gasteiger partial charge >= 0.3 is 6.18 Å². The molecule has 1 aromatic carbocycles. The van der Waals surface area contributed by atoms with Crippen molar-refractivity contribution in [3.8, 4) is 16.9 Å². The molecule has 13 heteroatoms. The van der Waals surface area contributed by atoms with Gasteiger partial charge in [0.1, 0.15) is 12.3 Å². The Balaban J connectivity index is 1.53. The minimum absolute atomic E-state index is 0.0242. The number of methoxy groups -OCH3 is 1. The van der Waals surface area contributed by atoms with Crippen LogP contribution in [0.4, 0.5) is 18.9 Å². The van der Waals surface area contributed by atoms with E-state index in [1.54, 1.807) is 60.7 Å². The molecule has 4 aromatic rings. The van der Waals surface area contributed by atoms with Crippen LogP contribution in [0, 0.1) is 5.92 Å². The molecule has 1 atom stereocenters. The number of alkyl halides is 3. The lowest BCUT2D eigenvalue weighted by atomic mass is 9.95. The molecule has 1 N–H and O–H groups in total. The van der Waals surface area contributed by atoms with Crippen molar-refractivity contribution in [3.05, 3.63) is 77.9 Å². The first kappa shape index (κ1) is 27.5. The highest BCUT2D eigenvalue weighted by Crippen LogP contribution is 2.47. The lowest BCUT2D eigenvalue weighted by Crippen LogP contribution is -2.39. The van der Waals surface area contributed by atoms with E-state index in [0.29, 0.717) is 17.0 Å². The van der Waals surface area contributed by atoms with E-state index in [0.717, 1.165) is 12.8 Å².